The molecule has 0 saturated carbocycles. The Bertz CT molecular complexity index is 844. The van der Waals surface area contributed by atoms with Crippen molar-refractivity contribution in [2.45, 2.75) is 26.3 Å². The molecule has 0 aliphatic rings. The van der Waals surface area contributed by atoms with Gasteiger partial charge in [0.1, 0.15) is 11.9 Å². The molecule has 0 aliphatic carbocycles. The number of carbonyl (C=O) groups is 2. The Hall–Kier alpha value is -2.60. The summed E-state index contributed by atoms with van der Waals surface area (Å²) < 4.78 is 13.8. The predicted octanol–water partition coefficient (Wildman–Crippen LogP) is 3.88. The minimum Gasteiger partial charge on any atom is -0.372 e. The first-order valence-corrected chi connectivity index (χ1v) is 9.97. The summed E-state index contributed by atoms with van der Waals surface area (Å²) in [5.41, 5.74) is 0.852. The fourth-order valence-electron chi connectivity index (χ4n) is 2.92. The molecule has 0 aliphatic heterocycles. The van der Waals surface area contributed by atoms with Gasteiger partial charge in [0.25, 0.3) is 5.91 Å². The fourth-order valence-corrected chi connectivity index (χ4v) is 3.14. The number of nitrogens with one attached hydrogen (secondary N) is 2. The molecular formula is C22H27ClFN3O2. The molecule has 0 bridgehead atoms. The maximum absolute atomic E-state index is 13.8. The van der Waals surface area contributed by atoms with Crippen molar-refractivity contribution in [1.82, 2.24) is 10.6 Å². The second-order valence-electron chi connectivity index (χ2n) is 7.19. The molecule has 1 atom stereocenters. The van der Waals surface area contributed by atoms with Crippen LogP contribution in [0.25, 0.3) is 0 Å². The maximum atomic E-state index is 13.8. The first-order chi connectivity index (χ1) is 13.8. The number of rotatable bonds is 9. The summed E-state index contributed by atoms with van der Waals surface area (Å²) in [7, 11) is 1.81. The third-order valence-corrected chi connectivity index (χ3v) is 4.92. The number of amides is 2. The molecule has 2 aromatic carbocycles. The maximum Gasteiger partial charge on any atom is 0.253 e. The number of benzene rings is 2. The van der Waals surface area contributed by atoms with E-state index in [-0.39, 0.29) is 23.5 Å². The van der Waals surface area contributed by atoms with Crippen molar-refractivity contribution >= 4 is 29.1 Å². The molecule has 0 saturated heterocycles. The van der Waals surface area contributed by atoms with E-state index in [0.717, 1.165) is 0 Å². The van der Waals surface area contributed by atoms with Crippen LogP contribution in [0.3, 0.4) is 0 Å². The lowest BCUT2D eigenvalue weighted by Crippen LogP contribution is -2.50. The molecule has 0 fully saturated rings. The zero-order chi connectivity index (χ0) is 21.4. The van der Waals surface area contributed by atoms with Gasteiger partial charge >= 0.3 is 0 Å². The monoisotopic (exact) mass is 419 g/mol. The Balaban J connectivity index is 1.86. The van der Waals surface area contributed by atoms with Gasteiger partial charge in [0.2, 0.25) is 5.91 Å². The minimum atomic E-state index is -0.678. The van der Waals surface area contributed by atoms with Gasteiger partial charge in [-0.3, -0.25) is 9.59 Å². The molecule has 2 rings (SSSR count). The Labute approximate surface area is 176 Å². The molecule has 0 heterocycles. The molecule has 0 spiro atoms. The number of halogens is 2. The van der Waals surface area contributed by atoms with E-state index in [2.05, 4.69) is 10.6 Å². The van der Waals surface area contributed by atoms with Crippen LogP contribution in [0.4, 0.5) is 10.1 Å². The van der Waals surface area contributed by atoms with Crippen LogP contribution in [0.2, 0.25) is 5.02 Å². The van der Waals surface area contributed by atoms with Gasteiger partial charge in [-0.25, -0.2) is 4.39 Å². The number of nitrogens with zero attached hydrogens (tertiary/aromatic N) is 1. The van der Waals surface area contributed by atoms with Crippen LogP contribution in [0.5, 0.6) is 0 Å². The second-order valence-corrected chi connectivity index (χ2v) is 7.60. The number of para-hydroxylation sites is 1. The van der Waals surface area contributed by atoms with Crippen molar-refractivity contribution in [3.63, 3.8) is 0 Å². The van der Waals surface area contributed by atoms with Crippen molar-refractivity contribution in [1.29, 1.82) is 0 Å². The Morgan fingerprint density at radius 1 is 1.10 bits per heavy atom. The number of carbonyl (C=O) groups excluding carboxylic acids is 2. The van der Waals surface area contributed by atoms with Crippen molar-refractivity contribution in [3.05, 3.63) is 64.9 Å². The zero-order valence-electron chi connectivity index (χ0n) is 16.9. The van der Waals surface area contributed by atoms with Gasteiger partial charge in [0.15, 0.2) is 0 Å². The molecule has 0 aromatic heterocycles. The quantitative estimate of drug-likeness (QED) is 0.606. The highest BCUT2D eigenvalue weighted by molar-refractivity contribution is 6.33. The SMILES string of the molecule is CC(C)C(NC(=O)c1ccccc1Cl)C(=O)NCCCN(C)c1ccccc1F. The van der Waals surface area contributed by atoms with Crippen LogP contribution in [0.15, 0.2) is 48.5 Å². The van der Waals surface area contributed by atoms with Gasteiger partial charge in [-0.2, -0.15) is 0 Å². The lowest BCUT2D eigenvalue weighted by molar-refractivity contribution is -0.123. The van der Waals surface area contributed by atoms with Crippen LogP contribution < -0.4 is 15.5 Å². The Morgan fingerprint density at radius 2 is 1.76 bits per heavy atom. The van der Waals surface area contributed by atoms with Gasteiger partial charge in [0, 0.05) is 20.1 Å². The Kier molecular flexibility index (Phi) is 8.46. The first kappa shape index (κ1) is 22.7. The fraction of sp³-hybridized carbons (Fsp3) is 0.364. The average molecular weight is 420 g/mol. The third-order valence-electron chi connectivity index (χ3n) is 4.59. The first-order valence-electron chi connectivity index (χ1n) is 9.60. The Morgan fingerprint density at radius 3 is 2.41 bits per heavy atom. The molecule has 2 aromatic rings. The van der Waals surface area contributed by atoms with Crippen LogP contribution in [-0.4, -0.2) is 38.0 Å². The van der Waals surface area contributed by atoms with E-state index < -0.39 is 6.04 Å². The molecule has 29 heavy (non-hydrogen) atoms. The summed E-state index contributed by atoms with van der Waals surface area (Å²) in [5.74, 6) is -1.01. The van der Waals surface area contributed by atoms with E-state index in [4.69, 9.17) is 11.6 Å². The van der Waals surface area contributed by atoms with Gasteiger partial charge in [0.05, 0.1) is 16.3 Å². The largest absolute Gasteiger partial charge is 0.372 e. The molecule has 5 nitrogen and oxygen atoms in total. The highest BCUT2D eigenvalue weighted by atomic mass is 35.5. The summed E-state index contributed by atoms with van der Waals surface area (Å²) in [6.07, 6.45) is 0.639. The zero-order valence-corrected chi connectivity index (χ0v) is 17.7. The van der Waals surface area contributed by atoms with E-state index in [9.17, 15) is 14.0 Å². The van der Waals surface area contributed by atoms with Crippen molar-refractivity contribution in [3.8, 4) is 0 Å². The van der Waals surface area contributed by atoms with Crippen LogP contribution in [0, 0.1) is 11.7 Å². The average Bonchev–Trinajstić information content (AvgIpc) is 2.69. The van der Waals surface area contributed by atoms with Gasteiger partial charge < -0.3 is 15.5 Å². The van der Waals surface area contributed by atoms with E-state index in [1.54, 1.807) is 54.4 Å². The second kappa shape index (κ2) is 10.8. The van der Waals surface area contributed by atoms with Crippen LogP contribution >= 0.6 is 11.6 Å². The topological polar surface area (TPSA) is 61.4 Å². The molecule has 1 unspecified atom stereocenters. The third kappa shape index (κ3) is 6.46. The molecule has 2 amide bonds. The van der Waals surface area contributed by atoms with Gasteiger partial charge in [-0.05, 0) is 36.6 Å². The molecule has 2 N–H and O–H groups in total. The highest BCUT2D eigenvalue weighted by Gasteiger charge is 2.25. The van der Waals surface area contributed by atoms with E-state index in [1.165, 1.54) is 6.07 Å². The molecule has 7 heteroatoms. The molecule has 0 radical (unpaired) electrons. The van der Waals surface area contributed by atoms with Crippen molar-refractivity contribution < 1.29 is 14.0 Å². The van der Waals surface area contributed by atoms with Gasteiger partial charge in [-0.15, -0.1) is 0 Å². The number of hydrogen-bond donors (Lipinski definition) is 2. The number of anilines is 1. The minimum absolute atomic E-state index is 0.0949. The van der Waals surface area contributed by atoms with E-state index in [0.29, 0.717) is 35.8 Å². The van der Waals surface area contributed by atoms with Gasteiger partial charge in [-0.1, -0.05) is 49.7 Å². The van der Waals surface area contributed by atoms with E-state index in [1.807, 2.05) is 13.8 Å². The summed E-state index contributed by atoms with van der Waals surface area (Å²) in [5, 5.41) is 5.95. The summed E-state index contributed by atoms with van der Waals surface area (Å²) >= 11 is 6.06. The lowest BCUT2D eigenvalue weighted by Gasteiger charge is -2.23. The van der Waals surface area contributed by atoms with E-state index >= 15 is 0 Å². The standard InChI is InChI=1S/C22H27ClFN3O2/c1-15(2)20(26-21(28)16-9-4-5-10-17(16)23)22(29)25-13-8-14-27(3)19-12-7-6-11-18(19)24/h4-7,9-12,15,20H,8,13-14H2,1-3H3,(H,25,29)(H,26,28). The number of hydrogen-bond acceptors (Lipinski definition) is 3. The summed E-state index contributed by atoms with van der Waals surface area (Å²) in [4.78, 5) is 26.9. The molecular weight excluding hydrogens is 393 g/mol. The van der Waals surface area contributed by atoms with Crippen LogP contribution in [0.1, 0.15) is 30.6 Å². The van der Waals surface area contributed by atoms with Crippen molar-refractivity contribution in [2.24, 2.45) is 5.92 Å². The predicted molar refractivity (Wildman–Crippen MR) is 115 cm³/mol. The lowest BCUT2D eigenvalue weighted by atomic mass is 10.0. The molecule has 156 valence electrons. The highest BCUT2D eigenvalue weighted by Crippen LogP contribution is 2.17. The summed E-state index contributed by atoms with van der Waals surface area (Å²) in [6.45, 7) is 4.73. The normalized spacial score (nSPS) is 11.8. The van der Waals surface area contributed by atoms with Crippen LogP contribution in [-0.2, 0) is 4.79 Å². The van der Waals surface area contributed by atoms with Crippen molar-refractivity contribution in [2.75, 3.05) is 25.0 Å². The smallest absolute Gasteiger partial charge is 0.253 e. The summed E-state index contributed by atoms with van der Waals surface area (Å²) in [6, 6.07) is 12.6.